The quantitative estimate of drug-likeness (QED) is 0.304. The molecule has 0 unspecified atom stereocenters. The number of carbonyl (C=O) groups excluding carboxylic acids is 2. The molecule has 0 radical (unpaired) electrons. The summed E-state index contributed by atoms with van der Waals surface area (Å²) < 4.78 is 17.2. The number of methoxy groups -OCH3 is 1. The van der Waals surface area contributed by atoms with Gasteiger partial charge in [-0.1, -0.05) is 25.8 Å². The van der Waals surface area contributed by atoms with Crippen molar-refractivity contribution in [2.75, 3.05) is 26.8 Å². The van der Waals surface area contributed by atoms with Gasteiger partial charge in [-0.25, -0.2) is 0 Å². The number of phenolic OH excluding ortho intramolecular Hbond substituents is 1. The molecular weight excluding hydrogens is 462 g/mol. The molecule has 8 nitrogen and oxygen atoms in total. The summed E-state index contributed by atoms with van der Waals surface area (Å²) in [4.78, 5) is 24.5. The predicted octanol–water partition coefficient (Wildman–Crippen LogP) is 4.15. The van der Waals surface area contributed by atoms with Crippen LogP contribution < -0.4 is 10.1 Å². The Balaban J connectivity index is 2.44. The summed E-state index contributed by atoms with van der Waals surface area (Å²) >= 11 is 0. The van der Waals surface area contributed by atoms with Crippen molar-refractivity contribution in [3.8, 4) is 11.5 Å². The van der Waals surface area contributed by atoms with E-state index in [9.17, 15) is 19.8 Å². The van der Waals surface area contributed by atoms with Crippen LogP contribution in [0.5, 0.6) is 11.5 Å². The highest BCUT2D eigenvalue weighted by molar-refractivity contribution is 5.66. The molecule has 8 heteroatoms. The second-order valence-electron chi connectivity index (χ2n) is 10.0. The maximum atomic E-state index is 12.3. The lowest BCUT2D eigenvalue weighted by molar-refractivity contribution is -0.165. The minimum Gasteiger partial charge on any atom is -0.504 e. The molecule has 1 aliphatic rings. The van der Waals surface area contributed by atoms with Crippen LogP contribution in [-0.2, 0) is 25.5 Å². The van der Waals surface area contributed by atoms with Crippen LogP contribution in [0.15, 0.2) is 18.2 Å². The van der Waals surface area contributed by atoms with Gasteiger partial charge in [-0.15, -0.1) is 0 Å². The van der Waals surface area contributed by atoms with E-state index in [1.165, 1.54) is 21.0 Å². The van der Waals surface area contributed by atoms with Crippen LogP contribution in [-0.4, -0.2) is 61.2 Å². The highest BCUT2D eigenvalue weighted by Crippen LogP contribution is 2.43. The van der Waals surface area contributed by atoms with Crippen molar-refractivity contribution in [1.29, 1.82) is 0 Å². The molecule has 204 valence electrons. The standard InChI is InChI=1S/C28H45NO7/c1-5-6-8-23(9-7-16-30)25(35-20(2)31)18-27(36-21(3)32)28(12-14-29-15-13-28)19-22-10-11-24(33)26(17-22)34-4/h10-11,17,23,25,27,29-30,33H,5-9,12-16,18-19H2,1-4H3/t23-,25+,27-/m1/s1. The molecule has 2 rings (SSSR count). The van der Waals surface area contributed by atoms with Crippen LogP contribution in [0.25, 0.3) is 0 Å². The summed E-state index contributed by atoms with van der Waals surface area (Å²) in [6.45, 7) is 6.62. The van der Waals surface area contributed by atoms with Gasteiger partial charge in [0.15, 0.2) is 11.5 Å². The molecule has 1 saturated heterocycles. The molecule has 1 heterocycles. The normalized spacial score (nSPS) is 17.6. The van der Waals surface area contributed by atoms with Gasteiger partial charge in [0.05, 0.1) is 7.11 Å². The Labute approximate surface area is 215 Å². The van der Waals surface area contributed by atoms with E-state index in [1.807, 2.05) is 12.1 Å². The number of benzene rings is 1. The molecular formula is C28H45NO7. The molecule has 1 aromatic rings. The van der Waals surface area contributed by atoms with Gasteiger partial charge in [-0.3, -0.25) is 9.59 Å². The topological polar surface area (TPSA) is 114 Å². The van der Waals surface area contributed by atoms with Crippen molar-refractivity contribution in [2.24, 2.45) is 11.3 Å². The SMILES string of the molecule is CCCC[C@H](CCCO)[C@H](C[C@@H](OC(C)=O)C1(Cc2ccc(O)c(OC)c2)CCNCC1)OC(C)=O. The van der Waals surface area contributed by atoms with Crippen LogP contribution in [0.4, 0.5) is 0 Å². The van der Waals surface area contributed by atoms with E-state index in [-0.39, 0.29) is 35.6 Å². The number of esters is 2. The summed E-state index contributed by atoms with van der Waals surface area (Å²) in [5, 5.41) is 22.9. The fraction of sp³-hybridized carbons (Fsp3) is 0.714. The maximum Gasteiger partial charge on any atom is 0.302 e. The van der Waals surface area contributed by atoms with Gasteiger partial charge in [-0.2, -0.15) is 0 Å². The van der Waals surface area contributed by atoms with E-state index in [0.717, 1.165) is 57.2 Å². The van der Waals surface area contributed by atoms with Crippen LogP contribution in [0.2, 0.25) is 0 Å². The highest BCUT2D eigenvalue weighted by Gasteiger charge is 2.44. The van der Waals surface area contributed by atoms with Crippen molar-refractivity contribution in [3.63, 3.8) is 0 Å². The second-order valence-corrected chi connectivity index (χ2v) is 10.0. The molecule has 0 bridgehead atoms. The van der Waals surface area contributed by atoms with Crippen LogP contribution >= 0.6 is 0 Å². The number of hydrogen-bond acceptors (Lipinski definition) is 8. The number of nitrogens with one attached hydrogen (secondary N) is 1. The van der Waals surface area contributed by atoms with Gasteiger partial charge in [0, 0.05) is 32.3 Å². The number of hydrogen-bond donors (Lipinski definition) is 3. The lowest BCUT2D eigenvalue weighted by atomic mass is 9.68. The van der Waals surface area contributed by atoms with E-state index >= 15 is 0 Å². The van der Waals surface area contributed by atoms with Crippen molar-refractivity contribution < 1.29 is 34.0 Å². The predicted molar refractivity (Wildman–Crippen MR) is 138 cm³/mol. The van der Waals surface area contributed by atoms with Gasteiger partial charge in [0.25, 0.3) is 0 Å². The molecule has 0 aromatic heterocycles. The van der Waals surface area contributed by atoms with E-state index < -0.39 is 12.2 Å². The Bertz CT molecular complexity index is 814. The third-order valence-electron chi connectivity index (χ3n) is 7.34. The number of rotatable bonds is 15. The number of aliphatic hydroxyl groups excluding tert-OH is 1. The Hall–Kier alpha value is -2.32. The van der Waals surface area contributed by atoms with Crippen molar-refractivity contribution in [3.05, 3.63) is 23.8 Å². The number of piperidine rings is 1. The molecule has 1 fully saturated rings. The van der Waals surface area contributed by atoms with Gasteiger partial charge < -0.3 is 29.7 Å². The fourth-order valence-corrected chi connectivity index (χ4v) is 5.50. The average molecular weight is 508 g/mol. The molecule has 3 atom stereocenters. The Morgan fingerprint density at radius 2 is 1.75 bits per heavy atom. The smallest absolute Gasteiger partial charge is 0.302 e. The molecule has 0 amide bonds. The van der Waals surface area contributed by atoms with Gasteiger partial charge in [0.2, 0.25) is 0 Å². The van der Waals surface area contributed by atoms with Crippen molar-refractivity contribution in [2.45, 2.75) is 90.8 Å². The van der Waals surface area contributed by atoms with E-state index in [1.54, 1.807) is 6.07 Å². The zero-order valence-corrected chi connectivity index (χ0v) is 22.4. The molecule has 3 N–H and O–H groups in total. The first-order chi connectivity index (χ1) is 17.2. The Morgan fingerprint density at radius 1 is 1.08 bits per heavy atom. The lowest BCUT2D eigenvalue weighted by Gasteiger charge is -2.45. The monoisotopic (exact) mass is 507 g/mol. The largest absolute Gasteiger partial charge is 0.504 e. The third-order valence-corrected chi connectivity index (χ3v) is 7.34. The summed E-state index contributed by atoms with van der Waals surface area (Å²) in [5.74, 6) is -0.152. The number of aromatic hydroxyl groups is 1. The zero-order chi connectivity index (χ0) is 26.6. The summed E-state index contributed by atoms with van der Waals surface area (Å²) in [5.41, 5.74) is 0.611. The zero-order valence-electron chi connectivity index (χ0n) is 22.4. The first-order valence-corrected chi connectivity index (χ1v) is 13.3. The maximum absolute atomic E-state index is 12.3. The summed E-state index contributed by atoms with van der Waals surface area (Å²) in [6.07, 6.45) is 6.02. The highest BCUT2D eigenvalue weighted by atomic mass is 16.6. The van der Waals surface area contributed by atoms with Gasteiger partial charge in [-0.05, 0) is 75.2 Å². The molecule has 36 heavy (non-hydrogen) atoms. The number of phenols is 1. The molecule has 1 aliphatic heterocycles. The molecule has 0 spiro atoms. The lowest BCUT2D eigenvalue weighted by Crippen LogP contribution is -2.49. The van der Waals surface area contributed by atoms with Gasteiger partial charge >= 0.3 is 11.9 Å². The third kappa shape index (κ3) is 8.96. The molecule has 0 saturated carbocycles. The van der Waals surface area contributed by atoms with Gasteiger partial charge in [0.1, 0.15) is 12.2 Å². The minimum atomic E-state index is -0.459. The summed E-state index contributed by atoms with van der Waals surface area (Å²) in [6, 6.07) is 5.33. The average Bonchev–Trinajstić information content (AvgIpc) is 2.84. The van der Waals surface area contributed by atoms with Crippen LogP contribution in [0, 0.1) is 11.3 Å². The van der Waals surface area contributed by atoms with Crippen molar-refractivity contribution in [1.82, 2.24) is 5.32 Å². The number of unbranched alkanes of at least 4 members (excludes halogenated alkanes) is 1. The second kappa shape index (κ2) is 15.1. The van der Waals surface area contributed by atoms with E-state index in [2.05, 4.69) is 12.2 Å². The Kier molecular flexibility index (Phi) is 12.5. The number of carbonyl (C=O) groups is 2. The molecule has 0 aliphatic carbocycles. The van der Waals surface area contributed by atoms with Crippen LogP contribution in [0.3, 0.4) is 0 Å². The fourth-order valence-electron chi connectivity index (χ4n) is 5.50. The van der Waals surface area contributed by atoms with E-state index in [4.69, 9.17) is 14.2 Å². The van der Waals surface area contributed by atoms with Crippen LogP contribution in [0.1, 0.15) is 77.7 Å². The first-order valence-electron chi connectivity index (χ1n) is 13.3. The minimum absolute atomic E-state index is 0.0755. The number of ether oxygens (including phenoxy) is 3. The van der Waals surface area contributed by atoms with E-state index in [0.29, 0.717) is 25.0 Å². The summed E-state index contributed by atoms with van der Waals surface area (Å²) in [7, 11) is 1.52. The first kappa shape index (κ1) is 29.9. The van der Waals surface area contributed by atoms with Crippen molar-refractivity contribution >= 4 is 11.9 Å². The molecule has 1 aromatic carbocycles. The number of aliphatic hydroxyl groups is 1. The Morgan fingerprint density at radius 3 is 2.33 bits per heavy atom.